The van der Waals surface area contributed by atoms with E-state index < -0.39 is 0 Å². The molecule has 2 N–H and O–H groups in total. The van der Waals surface area contributed by atoms with E-state index in [2.05, 4.69) is 29.0 Å². The molecule has 2 aromatic rings. The molecule has 2 heteroatoms. The number of hydrogen-bond donors (Lipinski definition) is 0. The van der Waals surface area contributed by atoms with Crippen LogP contribution in [0.3, 0.4) is 0 Å². The maximum Gasteiger partial charge on any atom is 0.275 e. The van der Waals surface area contributed by atoms with Gasteiger partial charge in [-0.25, -0.2) is 9.97 Å². The largest absolute Gasteiger partial charge is 0.275 e. The summed E-state index contributed by atoms with van der Waals surface area (Å²) in [6.07, 6.45) is 3.92. The third-order valence-corrected chi connectivity index (χ3v) is 1.97. The first-order chi connectivity index (χ1) is 6.36. The van der Waals surface area contributed by atoms with Gasteiger partial charge in [0.15, 0.2) is 12.4 Å². The molecule has 0 aromatic carbocycles. The molecular weight excluding hydrogens is 160 g/mol. The molecule has 0 spiro atoms. The standard InChI is InChI=1S/C11H10N2/c1-9-5-6-11(13-8-9)10-4-2-3-7-12-10/h2-8H,1H3/p+2. The predicted octanol–water partition coefficient (Wildman–Crippen LogP) is 1.29. The van der Waals surface area contributed by atoms with Crippen LogP contribution in [0.5, 0.6) is 0 Å². The van der Waals surface area contributed by atoms with Gasteiger partial charge in [0.2, 0.25) is 0 Å². The summed E-state index contributed by atoms with van der Waals surface area (Å²) in [6.45, 7) is 2.06. The number of aryl methyl sites for hydroxylation is 1. The fourth-order valence-electron chi connectivity index (χ4n) is 1.23. The van der Waals surface area contributed by atoms with Crippen LogP contribution in [0.15, 0.2) is 42.7 Å². The average molecular weight is 172 g/mol. The zero-order valence-corrected chi connectivity index (χ0v) is 7.54. The Labute approximate surface area is 77.3 Å². The first-order valence-electron chi connectivity index (χ1n) is 4.32. The van der Waals surface area contributed by atoms with Gasteiger partial charge in [-0.2, -0.15) is 0 Å². The molecule has 0 saturated carbocycles. The molecule has 64 valence electrons. The van der Waals surface area contributed by atoms with Gasteiger partial charge < -0.3 is 0 Å². The minimum absolute atomic E-state index is 1.10. The van der Waals surface area contributed by atoms with Crippen LogP contribution >= 0.6 is 0 Å². The van der Waals surface area contributed by atoms with E-state index in [0.717, 1.165) is 11.4 Å². The van der Waals surface area contributed by atoms with Crippen molar-refractivity contribution in [1.82, 2.24) is 0 Å². The van der Waals surface area contributed by atoms with Crippen molar-refractivity contribution in [1.29, 1.82) is 0 Å². The van der Waals surface area contributed by atoms with Gasteiger partial charge in [0, 0.05) is 23.8 Å². The Morgan fingerprint density at radius 2 is 1.77 bits per heavy atom. The number of nitrogens with one attached hydrogen (secondary N) is 2. The molecule has 2 rings (SSSR count). The van der Waals surface area contributed by atoms with E-state index in [1.807, 2.05) is 30.6 Å². The summed E-state index contributed by atoms with van der Waals surface area (Å²) in [7, 11) is 0. The van der Waals surface area contributed by atoms with E-state index in [0.29, 0.717) is 0 Å². The number of aromatic amines is 2. The highest BCUT2D eigenvalue weighted by Crippen LogP contribution is 2.06. The fraction of sp³-hybridized carbons (Fsp3) is 0.0909. The summed E-state index contributed by atoms with van der Waals surface area (Å²) in [5.41, 5.74) is 3.44. The van der Waals surface area contributed by atoms with Crippen molar-refractivity contribution in [3.05, 3.63) is 48.3 Å². The van der Waals surface area contributed by atoms with E-state index in [9.17, 15) is 0 Å². The van der Waals surface area contributed by atoms with Gasteiger partial charge in [0.25, 0.3) is 11.4 Å². The highest BCUT2D eigenvalue weighted by molar-refractivity contribution is 5.45. The van der Waals surface area contributed by atoms with Crippen LogP contribution in [0.25, 0.3) is 11.4 Å². The van der Waals surface area contributed by atoms with Gasteiger partial charge in [-0.15, -0.1) is 0 Å². The molecule has 0 aliphatic carbocycles. The smallest absolute Gasteiger partial charge is 0.206 e. The molecule has 2 aromatic heterocycles. The molecule has 2 nitrogen and oxygen atoms in total. The van der Waals surface area contributed by atoms with E-state index in [1.165, 1.54) is 5.56 Å². The van der Waals surface area contributed by atoms with Crippen LogP contribution in [0.2, 0.25) is 0 Å². The van der Waals surface area contributed by atoms with Gasteiger partial charge in [-0.05, 0) is 19.1 Å². The van der Waals surface area contributed by atoms with Crippen LogP contribution in [0, 0.1) is 6.92 Å². The summed E-state index contributed by atoms with van der Waals surface area (Å²) in [6, 6.07) is 10.2. The van der Waals surface area contributed by atoms with Gasteiger partial charge >= 0.3 is 0 Å². The molecule has 0 aliphatic rings. The van der Waals surface area contributed by atoms with E-state index in [-0.39, 0.29) is 0 Å². The number of aromatic nitrogens is 2. The van der Waals surface area contributed by atoms with Crippen molar-refractivity contribution in [2.75, 3.05) is 0 Å². The second-order valence-corrected chi connectivity index (χ2v) is 3.06. The molecule has 0 saturated heterocycles. The van der Waals surface area contributed by atoms with Crippen molar-refractivity contribution in [3.8, 4) is 11.4 Å². The first kappa shape index (κ1) is 7.92. The Morgan fingerprint density at radius 1 is 0.923 bits per heavy atom. The Bertz CT molecular complexity index is 379. The van der Waals surface area contributed by atoms with Crippen molar-refractivity contribution in [3.63, 3.8) is 0 Å². The summed E-state index contributed by atoms with van der Waals surface area (Å²) in [4.78, 5) is 6.39. The number of rotatable bonds is 1. The zero-order valence-electron chi connectivity index (χ0n) is 7.54. The number of pyridine rings is 2. The monoisotopic (exact) mass is 172 g/mol. The van der Waals surface area contributed by atoms with Crippen LogP contribution in [0.4, 0.5) is 0 Å². The molecule has 13 heavy (non-hydrogen) atoms. The second-order valence-electron chi connectivity index (χ2n) is 3.06. The quantitative estimate of drug-likeness (QED) is 0.620. The molecule has 0 aliphatic heterocycles. The fourth-order valence-corrected chi connectivity index (χ4v) is 1.23. The average Bonchev–Trinajstić information content (AvgIpc) is 2.20. The van der Waals surface area contributed by atoms with Crippen LogP contribution in [0.1, 0.15) is 5.56 Å². The van der Waals surface area contributed by atoms with Crippen LogP contribution in [-0.4, -0.2) is 0 Å². The Hall–Kier alpha value is -1.70. The minimum Gasteiger partial charge on any atom is -0.206 e. The summed E-state index contributed by atoms with van der Waals surface area (Å²) in [5, 5.41) is 0. The molecule has 0 radical (unpaired) electrons. The van der Waals surface area contributed by atoms with Crippen molar-refractivity contribution in [2.45, 2.75) is 6.92 Å². The zero-order chi connectivity index (χ0) is 9.10. The third kappa shape index (κ3) is 1.72. The summed E-state index contributed by atoms with van der Waals surface area (Å²) in [5.74, 6) is 0. The minimum atomic E-state index is 1.10. The highest BCUT2D eigenvalue weighted by Gasteiger charge is 2.09. The molecule has 2 heterocycles. The molecule has 0 unspecified atom stereocenters. The lowest BCUT2D eigenvalue weighted by atomic mass is 10.2. The van der Waals surface area contributed by atoms with Crippen LogP contribution in [-0.2, 0) is 0 Å². The summed E-state index contributed by atoms with van der Waals surface area (Å²) < 4.78 is 0. The summed E-state index contributed by atoms with van der Waals surface area (Å²) >= 11 is 0. The lowest BCUT2D eigenvalue weighted by Gasteiger charge is -1.88. The van der Waals surface area contributed by atoms with Gasteiger partial charge in [0.05, 0.1) is 0 Å². The Kier molecular flexibility index (Phi) is 2.04. The normalized spacial score (nSPS) is 9.92. The van der Waals surface area contributed by atoms with E-state index in [1.54, 1.807) is 0 Å². The van der Waals surface area contributed by atoms with Crippen molar-refractivity contribution in [2.24, 2.45) is 0 Å². The molecule has 0 bridgehead atoms. The van der Waals surface area contributed by atoms with E-state index in [4.69, 9.17) is 0 Å². The lowest BCUT2D eigenvalue weighted by molar-refractivity contribution is -0.402. The van der Waals surface area contributed by atoms with Crippen molar-refractivity contribution >= 4 is 0 Å². The maximum atomic E-state index is 3.22. The van der Waals surface area contributed by atoms with Crippen LogP contribution < -0.4 is 9.97 Å². The van der Waals surface area contributed by atoms with E-state index >= 15 is 0 Å². The molecule has 0 atom stereocenters. The molecular formula is C11H12N2+2. The molecule has 0 fully saturated rings. The topological polar surface area (TPSA) is 28.3 Å². The molecule has 0 amide bonds. The van der Waals surface area contributed by atoms with Gasteiger partial charge in [-0.3, -0.25) is 0 Å². The van der Waals surface area contributed by atoms with Gasteiger partial charge in [0.1, 0.15) is 0 Å². The van der Waals surface area contributed by atoms with Crippen molar-refractivity contribution < 1.29 is 9.97 Å². The SMILES string of the molecule is Cc1ccc(-c2cccc[nH+]2)[nH+]c1. The lowest BCUT2D eigenvalue weighted by Crippen LogP contribution is -2.13. The maximum absolute atomic E-state index is 3.22. The highest BCUT2D eigenvalue weighted by atomic mass is 14.8. The van der Waals surface area contributed by atoms with Gasteiger partial charge in [-0.1, -0.05) is 0 Å². The first-order valence-corrected chi connectivity index (χ1v) is 4.32. The second kappa shape index (κ2) is 3.35. The Morgan fingerprint density at radius 3 is 2.38 bits per heavy atom. The Balaban J connectivity index is 2.42. The number of hydrogen-bond acceptors (Lipinski definition) is 0. The third-order valence-electron chi connectivity index (χ3n) is 1.97. The number of H-pyrrole nitrogens is 2. The predicted molar refractivity (Wildman–Crippen MR) is 49.7 cm³/mol.